The number of aryl methyl sites for hydroxylation is 1. The molecule has 1 aromatic rings. The van der Waals surface area contributed by atoms with Crippen LogP contribution in [0.2, 0.25) is 0 Å². The Morgan fingerprint density at radius 2 is 1.81 bits per heavy atom. The van der Waals surface area contributed by atoms with Gasteiger partial charge in [0.15, 0.2) is 0 Å². The van der Waals surface area contributed by atoms with Crippen LogP contribution in [0.5, 0.6) is 0 Å². The van der Waals surface area contributed by atoms with Crippen molar-refractivity contribution in [2.45, 2.75) is 24.1 Å². The maximum atomic E-state index is 13.0. The summed E-state index contributed by atoms with van der Waals surface area (Å²) in [4.78, 5) is -1.83. The van der Waals surface area contributed by atoms with Gasteiger partial charge < -0.3 is 0 Å². The van der Waals surface area contributed by atoms with E-state index in [1.54, 1.807) is 0 Å². The zero-order valence-corrected chi connectivity index (χ0v) is 9.74. The fourth-order valence-corrected chi connectivity index (χ4v) is 1.64. The lowest BCUT2D eigenvalue weighted by molar-refractivity contribution is -0.127. The van der Waals surface area contributed by atoms with Gasteiger partial charge in [-0.1, -0.05) is 28.1 Å². The minimum absolute atomic E-state index is 0.0794. The Hall–Kier alpha value is -0.650. The van der Waals surface area contributed by atoms with E-state index < -0.39 is 23.0 Å². The van der Waals surface area contributed by atoms with Crippen LogP contribution in [0, 0.1) is 12.7 Å². The largest absolute Gasteiger partial charge is 0.323 e. The average molecular weight is 303 g/mol. The highest BCUT2D eigenvalue weighted by Crippen LogP contribution is 2.42. The van der Waals surface area contributed by atoms with Crippen LogP contribution in [0.15, 0.2) is 18.2 Å². The quantitative estimate of drug-likeness (QED) is 0.571. The second-order valence-corrected chi connectivity index (χ2v) is 4.26. The van der Waals surface area contributed by atoms with E-state index in [0.29, 0.717) is 0 Å². The molecule has 0 fully saturated rings. The van der Waals surface area contributed by atoms with E-state index in [1.165, 1.54) is 6.92 Å². The van der Waals surface area contributed by atoms with Gasteiger partial charge in [-0.15, -0.1) is 0 Å². The molecule has 0 aliphatic carbocycles. The molecule has 0 bridgehead atoms. The van der Waals surface area contributed by atoms with Gasteiger partial charge in [0.05, 0.1) is 0 Å². The Morgan fingerprint density at radius 3 is 2.25 bits per heavy atom. The van der Waals surface area contributed by atoms with Crippen LogP contribution in [-0.4, -0.2) is 12.3 Å². The summed E-state index contributed by atoms with van der Waals surface area (Å²) < 4.78 is 62.9. The van der Waals surface area contributed by atoms with E-state index in [4.69, 9.17) is 0 Å². The third-order valence-electron chi connectivity index (χ3n) is 2.10. The summed E-state index contributed by atoms with van der Waals surface area (Å²) in [6, 6.07) is 3.14. The van der Waals surface area contributed by atoms with E-state index in [2.05, 4.69) is 15.9 Å². The first kappa shape index (κ1) is 13.4. The van der Waals surface area contributed by atoms with E-state index in [-0.39, 0.29) is 11.1 Å². The van der Waals surface area contributed by atoms with Crippen LogP contribution < -0.4 is 0 Å². The summed E-state index contributed by atoms with van der Waals surface area (Å²) in [7, 11) is 0. The molecular formula is C10H8BrF5. The van der Waals surface area contributed by atoms with Crippen LogP contribution in [0.3, 0.4) is 0 Å². The molecule has 1 atom stereocenters. The van der Waals surface area contributed by atoms with Crippen LogP contribution in [0.4, 0.5) is 22.0 Å². The molecular weight excluding hydrogens is 295 g/mol. The molecule has 1 unspecified atom stereocenters. The second kappa shape index (κ2) is 4.69. The zero-order valence-electron chi connectivity index (χ0n) is 8.15. The summed E-state index contributed by atoms with van der Waals surface area (Å²) in [6.45, 7) is 1.37. The van der Waals surface area contributed by atoms with Gasteiger partial charge in [0.25, 0.3) is 0 Å². The molecule has 0 amide bonds. The molecule has 0 aromatic heterocycles. The number of rotatable bonds is 3. The summed E-state index contributed by atoms with van der Waals surface area (Å²) in [6.07, 6.45) is -3.78. The summed E-state index contributed by atoms with van der Waals surface area (Å²) in [5.74, 6) is -4.76. The van der Waals surface area contributed by atoms with Crippen molar-refractivity contribution in [1.82, 2.24) is 0 Å². The molecule has 0 radical (unpaired) electrons. The van der Waals surface area contributed by atoms with E-state index in [0.717, 1.165) is 18.2 Å². The van der Waals surface area contributed by atoms with Crippen molar-refractivity contribution in [3.8, 4) is 0 Å². The highest BCUT2D eigenvalue weighted by Gasteiger charge is 2.48. The maximum absolute atomic E-state index is 13.0. The Balaban J connectivity index is 3.05. The van der Waals surface area contributed by atoms with Crippen molar-refractivity contribution in [3.63, 3.8) is 0 Å². The molecule has 0 saturated heterocycles. The molecule has 1 rings (SSSR count). The molecule has 90 valence electrons. The van der Waals surface area contributed by atoms with Gasteiger partial charge in [0.1, 0.15) is 10.6 Å². The molecule has 0 heterocycles. The van der Waals surface area contributed by atoms with Crippen LogP contribution in [0.1, 0.15) is 16.0 Å². The standard InChI is InChI=1S/C10H8BrF5/c1-5-4-6(2-3-7(5)12)8(11)10(15,16)9(13)14/h2-4,8-9H,1H3. The Labute approximate surface area is 97.6 Å². The molecule has 1 aromatic carbocycles. The predicted molar refractivity (Wildman–Crippen MR) is 53.8 cm³/mol. The van der Waals surface area contributed by atoms with Crippen molar-refractivity contribution in [2.75, 3.05) is 0 Å². The highest BCUT2D eigenvalue weighted by atomic mass is 79.9. The third-order valence-corrected chi connectivity index (χ3v) is 3.24. The van der Waals surface area contributed by atoms with Gasteiger partial charge in [-0.3, -0.25) is 0 Å². The highest BCUT2D eigenvalue weighted by molar-refractivity contribution is 9.09. The zero-order chi connectivity index (χ0) is 12.5. The first-order valence-corrected chi connectivity index (χ1v) is 5.24. The lowest BCUT2D eigenvalue weighted by Gasteiger charge is -2.21. The van der Waals surface area contributed by atoms with Crippen molar-refractivity contribution in [1.29, 1.82) is 0 Å². The van der Waals surface area contributed by atoms with Crippen molar-refractivity contribution in [3.05, 3.63) is 35.1 Å². The van der Waals surface area contributed by atoms with E-state index in [9.17, 15) is 22.0 Å². The van der Waals surface area contributed by atoms with Gasteiger partial charge in [0, 0.05) is 0 Å². The maximum Gasteiger partial charge on any atom is 0.323 e. The minimum atomic E-state index is -4.19. The lowest BCUT2D eigenvalue weighted by atomic mass is 10.0. The molecule has 0 nitrogen and oxygen atoms in total. The summed E-state index contributed by atoms with van der Waals surface area (Å²) >= 11 is 2.51. The number of alkyl halides is 5. The predicted octanol–water partition coefficient (Wildman–Crippen LogP) is 4.47. The molecule has 0 N–H and O–H groups in total. The van der Waals surface area contributed by atoms with Crippen LogP contribution >= 0.6 is 15.9 Å². The Bertz CT molecular complexity index is 377. The van der Waals surface area contributed by atoms with E-state index >= 15 is 0 Å². The van der Waals surface area contributed by atoms with Gasteiger partial charge in [-0.2, -0.15) is 8.78 Å². The number of hydrogen-bond acceptors (Lipinski definition) is 0. The molecule has 0 spiro atoms. The SMILES string of the molecule is Cc1cc(C(Br)C(F)(F)C(F)F)ccc1F. The smallest absolute Gasteiger partial charge is 0.207 e. The summed E-state index contributed by atoms with van der Waals surface area (Å²) in [5.41, 5.74) is 0.0521. The number of halogens is 6. The van der Waals surface area contributed by atoms with Crippen molar-refractivity contribution < 1.29 is 22.0 Å². The molecule has 0 aliphatic heterocycles. The molecule has 0 saturated carbocycles. The number of benzene rings is 1. The first-order valence-electron chi connectivity index (χ1n) is 4.33. The van der Waals surface area contributed by atoms with Crippen LogP contribution in [0.25, 0.3) is 0 Å². The van der Waals surface area contributed by atoms with Gasteiger partial charge in [-0.25, -0.2) is 13.2 Å². The fraction of sp³-hybridized carbons (Fsp3) is 0.400. The molecule has 16 heavy (non-hydrogen) atoms. The van der Waals surface area contributed by atoms with Gasteiger partial charge >= 0.3 is 12.3 Å². The fourth-order valence-electron chi connectivity index (χ4n) is 1.16. The van der Waals surface area contributed by atoms with Crippen LogP contribution in [-0.2, 0) is 0 Å². The van der Waals surface area contributed by atoms with E-state index in [1.807, 2.05) is 0 Å². The molecule has 6 heteroatoms. The number of hydrogen-bond donors (Lipinski definition) is 0. The topological polar surface area (TPSA) is 0 Å². The Kier molecular flexibility index (Phi) is 3.93. The first-order chi connectivity index (χ1) is 7.26. The van der Waals surface area contributed by atoms with Gasteiger partial charge in [0.2, 0.25) is 0 Å². The Morgan fingerprint density at radius 1 is 1.25 bits per heavy atom. The van der Waals surface area contributed by atoms with Crippen molar-refractivity contribution in [2.24, 2.45) is 0 Å². The molecule has 0 aliphatic rings. The van der Waals surface area contributed by atoms with Gasteiger partial charge in [-0.05, 0) is 24.1 Å². The second-order valence-electron chi connectivity index (χ2n) is 3.35. The lowest BCUT2D eigenvalue weighted by Crippen LogP contribution is -2.31. The van der Waals surface area contributed by atoms with Crippen molar-refractivity contribution >= 4 is 15.9 Å². The average Bonchev–Trinajstić information content (AvgIpc) is 2.20. The summed E-state index contributed by atoms with van der Waals surface area (Å²) in [5, 5.41) is 0. The minimum Gasteiger partial charge on any atom is -0.207 e. The normalized spacial score (nSPS) is 14.2. The monoisotopic (exact) mass is 302 g/mol. The third kappa shape index (κ3) is 2.53.